The molecule has 134 valence electrons. The first kappa shape index (κ1) is 18.2. The van der Waals surface area contributed by atoms with Gasteiger partial charge < -0.3 is 5.32 Å². The van der Waals surface area contributed by atoms with Gasteiger partial charge in [0.2, 0.25) is 0 Å². The number of aryl methyl sites for hydroxylation is 1. The van der Waals surface area contributed by atoms with Crippen LogP contribution in [-0.2, 0) is 5.41 Å². The van der Waals surface area contributed by atoms with Gasteiger partial charge in [0.25, 0.3) is 5.91 Å². The quantitative estimate of drug-likeness (QED) is 0.634. The van der Waals surface area contributed by atoms with Crippen LogP contribution < -0.4 is 5.32 Å². The number of hydrogen-bond acceptors (Lipinski definition) is 2. The predicted octanol–water partition coefficient (Wildman–Crippen LogP) is 5.59. The van der Waals surface area contributed by atoms with Crippen molar-refractivity contribution in [3.63, 3.8) is 0 Å². The average Bonchev–Trinajstić information content (AvgIpc) is 2.94. The van der Waals surface area contributed by atoms with Gasteiger partial charge in [0.1, 0.15) is 0 Å². The zero-order chi connectivity index (χ0) is 18.9. The SMILES string of the molecule is Cc1[nH]nc(NC(=O)c2ccc(C(C)(C)C)cc2)c1-c1cccc(Cl)c1. The molecule has 3 rings (SSSR count). The number of amides is 1. The molecule has 1 aromatic heterocycles. The Labute approximate surface area is 158 Å². The third kappa shape index (κ3) is 3.81. The molecule has 3 aromatic rings. The van der Waals surface area contributed by atoms with E-state index in [0.717, 1.165) is 16.8 Å². The monoisotopic (exact) mass is 367 g/mol. The molecule has 0 radical (unpaired) electrons. The van der Waals surface area contributed by atoms with E-state index in [9.17, 15) is 4.79 Å². The lowest BCUT2D eigenvalue weighted by molar-refractivity contribution is 0.102. The first-order chi connectivity index (χ1) is 12.3. The van der Waals surface area contributed by atoms with E-state index in [0.29, 0.717) is 16.4 Å². The Bertz CT molecular complexity index is 937. The molecule has 0 aliphatic heterocycles. The smallest absolute Gasteiger partial charge is 0.256 e. The normalized spacial score (nSPS) is 11.4. The van der Waals surface area contributed by atoms with Crippen LogP contribution >= 0.6 is 11.6 Å². The van der Waals surface area contributed by atoms with Crippen LogP contribution in [0.15, 0.2) is 48.5 Å². The summed E-state index contributed by atoms with van der Waals surface area (Å²) in [5.41, 5.74) is 4.44. The highest BCUT2D eigenvalue weighted by molar-refractivity contribution is 6.30. The summed E-state index contributed by atoms with van der Waals surface area (Å²) in [6, 6.07) is 15.1. The van der Waals surface area contributed by atoms with Gasteiger partial charge >= 0.3 is 0 Å². The molecular formula is C21H22ClN3O. The maximum absolute atomic E-state index is 12.6. The summed E-state index contributed by atoms with van der Waals surface area (Å²) in [4.78, 5) is 12.6. The fourth-order valence-electron chi connectivity index (χ4n) is 2.82. The van der Waals surface area contributed by atoms with E-state index in [1.54, 1.807) is 0 Å². The fourth-order valence-corrected chi connectivity index (χ4v) is 3.01. The maximum atomic E-state index is 12.6. The first-order valence-corrected chi connectivity index (χ1v) is 8.86. The van der Waals surface area contributed by atoms with Crippen LogP contribution in [-0.4, -0.2) is 16.1 Å². The molecule has 26 heavy (non-hydrogen) atoms. The third-order valence-corrected chi connectivity index (χ3v) is 4.54. The Morgan fingerprint density at radius 1 is 1.12 bits per heavy atom. The van der Waals surface area contributed by atoms with E-state index >= 15 is 0 Å². The number of rotatable bonds is 3. The van der Waals surface area contributed by atoms with Crippen LogP contribution in [0.1, 0.15) is 42.4 Å². The van der Waals surface area contributed by atoms with Crippen LogP contribution in [0, 0.1) is 6.92 Å². The molecule has 2 aromatic carbocycles. The lowest BCUT2D eigenvalue weighted by atomic mass is 9.87. The van der Waals surface area contributed by atoms with Gasteiger partial charge in [-0.2, -0.15) is 5.10 Å². The second-order valence-electron chi connectivity index (χ2n) is 7.36. The molecule has 4 nitrogen and oxygen atoms in total. The molecule has 5 heteroatoms. The number of nitrogens with one attached hydrogen (secondary N) is 2. The summed E-state index contributed by atoms with van der Waals surface area (Å²) in [7, 11) is 0. The minimum absolute atomic E-state index is 0.0497. The van der Waals surface area contributed by atoms with Crippen molar-refractivity contribution in [3.05, 3.63) is 70.4 Å². The zero-order valence-electron chi connectivity index (χ0n) is 15.4. The lowest BCUT2D eigenvalue weighted by Crippen LogP contribution is -2.15. The highest BCUT2D eigenvalue weighted by Gasteiger charge is 2.17. The highest BCUT2D eigenvalue weighted by atomic mass is 35.5. The number of anilines is 1. The topological polar surface area (TPSA) is 57.8 Å². The van der Waals surface area contributed by atoms with Crippen LogP contribution in [0.3, 0.4) is 0 Å². The van der Waals surface area contributed by atoms with Gasteiger partial charge in [0, 0.05) is 21.8 Å². The highest BCUT2D eigenvalue weighted by Crippen LogP contribution is 2.31. The molecule has 2 N–H and O–H groups in total. The molecule has 0 unspecified atom stereocenters. The molecule has 0 saturated carbocycles. The van der Waals surface area contributed by atoms with Gasteiger partial charge in [-0.3, -0.25) is 9.89 Å². The summed E-state index contributed by atoms with van der Waals surface area (Å²) in [5.74, 6) is 0.301. The predicted molar refractivity (Wildman–Crippen MR) is 107 cm³/mol. The molecule has 0 aliphatic rings. The van der Waals surface area contributed by atoms with Crippen LogP contribution in [0.25, 0.3) is 11.1 Å². The number of carbonyl (C=O) groups excluding carboxylic acids is 1. The molecular weight excluding hydrogens is 346 g/mol. The summed E-state index contributed by atoms with van der Waals surface area (Å²) in [5, 5.41) is 10.7. The Morgan fingerprint density at radius 2 is 1.81 bits per heavy atom. The summed E-state index contributed by atoms with van der Waals surface area (Å²) in [6.45, 7) is 8.35. The summed E-state index contributed by atoms with van der Waals surface area (Å²) in [6.07, 6.45) is 0. The van der Waals surface area contributed by atoms with Crippen molar-refractivity contribution in [2.45, 2.75) is 33.1 Å². The van der Waals surface area contributed by atoms with Crippen molar-refractivity contribution in [3.8, 4) is 11.1 Å². The molecule has 0 fully saturated rings. The van der Waals surface area contributed by atoms with Gasteiger partial charge in [-0.15, -0.1) is 0 Å². The number of H-pyrrole nitrogens is 1. The molecule has 0 saturated heterocycles. The minimum Gasteiger partial charge on any atom is -0.305 e. The minimum atomic E-state index is -0.194. The average molecular weight is 368 g/mol. The Hall–Kier alpha value is -2.59. The lowest BCUT2D eigenvalue weighted by Gasteiger charge is -2.19. The Balaban J connectivity index is 1.87. The van der Waals surface area contributed by atoms with Gasteiger partial charge in [-0.05, 0) is 47.7 Å². The van der Waals surface area contributed by atoms with Gasteiger partial charge in [0.05, 0.1) is 0 Å². The maximum Gasteiger partial charge on any atom is 0.256 e. The Kier molecular flexibility index (Phi) is 4.88. The summed E-state index contributed by atoms with van der Waals surface area (Å²) < 4.78 is 0. The second-order valence-corrected chi connectivity index (χ2v) is 7.80. The van der Waals surface area contributed by atoms with Crippen LogP contribution in [0.2, 0.25) is 5.02 Å². The van der Waals surface area contributed by atoms with E-state index < -0.39 is 0 Å². The fraction of sp³-hybridized carbons (Fsp3) is 0.238. The third-order valence-electron chi connectivity index (χ3n) is 4.31. The van der Waals surface area contributed by atoms with E-state index in [-0.39, 0.29) is 11.3 Å². The van der Waals surface area contributed by atoms with Gasteiger partial charge in [0.15, 0.2) is 5.82 Å². The summed E-state index contributed by atoms with van der Waals surface area (Å²) >= 11 is 6.10. The number of hydrogen-bond donors (Lipinski definition) is 2. The molecule has 0 bridgehead atoms. The molecule has 0 spiro atoms. The van der Waals surface area contributed by atoms with Crippen molar-refractivity contribution in [1.82, 2.24) is 10.2 Å². The molecule has 1 amide bonds. The zero-order valence-corrected chi connectivity index (χ0v) is 16.1. The number of nitrogens with zero attached hydrogens (tertiary/aromatic N) is 1. The number of aromatic amines is 1. The molecule has 1 heterocycles. The molecule has 0 aliphatic carbocycles. The number of halogens is 1. The van der Waals surface area contributed by atoms with Crippen molar-refractivity contribution < 1.29 is 4.79 Å². The standard InChI is InChI=1S/C21H22ClN3O/c1-13-18(15-6-5-7-17(22)12-15)19(25-24-13)23-20(26)14-8-10-16(11-9-14)21(2,3)4/h5-12H,1-4H3,(H2,23,24,25,26). The van der Waals surface area contributed by atoms with Gasteiger partial charge in [-0.25, -0.2) is 0 Å². The van der Waals surface area contributed by atoms with E-state index in [1.807, 2.05) is 55.5 Å². The van der Waals surface area contributed by atoms with Crippen molar-refractivity contribution >= 4 is 23.3 Å². The van der Waals surface area contributed by atoms with Crippen LogP contribution in [0.4, 0.5) is 5.82 Å². The van der Waals surface area contributed by atoms with Crippen molar-refractivity contribution in [1.29, 1.82) is 0 Å². The van der Waals surface area contributed by atoms with Gasteiger partial charge in [-0.1, -0.05) is 56.6 Å². The second kappa shape index (κ2) is 6.96. The van der Waals surface area contributed by atoms with E-state index in [2.05, 4.69) is 36.3 Å². The first-order valence-electron chi connectivity index (χ1n) is 8.48. The Morgan fingerprint density at radius 3 is 2.42 bits per heavy atom. The van der Waals surface area contributed by atoms with Crippen molar-refractivity contribution in [2.24, 2.45) is 0 Å². The number of carbonyl (C=O) groups is 1. The van der Waals surface area contributed by atoms with Crippen molar-refractivity contribution in [2.75, 3.05) is 5.32 Å². The molecule has 0 atom stereocenters. The largest absolute Gasteiger partial charge is 0.305 e. The number of benzene rings is 2. The van der Waals surface area contributed by atoms with E-state index in [1.165, 1.54) is 5.56 Å². The number of aromatic nitrogens is 2. The van der Waals surface area contributed by atoms with E-state index in [4.69, 9.17) is 11.6 Å². The van der Waals surface area contributed by atoms with Crippen LogP contribution in [0.5, 0.6) is 0 Å².